The number of aliphatic imine (C=N–C) groups is 1. The van der Waals surface area contributed by atoms with Gasteiger partial charge in [-0.15, -0.1) is 0 Å². The van der Waals surface area contributed by atoms with Crippen LogP contribution in [0.3, 0.4) is 0 Å². The average molecular weight is 440 g/mol. The lowest BCUT2D eigenvalue weighted by Crippen LogP contribution is -2.45. The standard InChI is InChI=1S/C25H30FN3O3/c26-21-12-6-7-18(15-21)16-28-24(27)29-14-13-22(17-29)32-23(30)25(31,20-10-4-5-11-20)19-8-2-1-3-9-19/h1-3,6-9,12,15,20,22,31H,4-5,10-11,13-14,16-17H2,(H2,27,28). The largest absolute Gasteiger partial charge is 0.458 e. The highest BCUT2D eigenvalue weighted by Crippen LogP contribution is 2.41. The Morgan fingerprint density at radius 1 is 1.16 bits per heavy atom. The molecule has 0 aromatic heterocycles. The molecule has 0 bridgehead atoms. The highest BCUT2D eigenvalue weighted by Gasteiger charge is 2.48. The van der Waals surface area contributed by atoms with Crippen molar-refractivity contribution in [2.45, 2.75) is 50.4 Å². The number of hydrogen-bond acceptors (Lipinski definition) is 4. The maximum Gasteiger partial charge on any atom is 0.343 e. The third-order valence-electron chi connectivity index (χ3n) is 6.53. The summed E-state index contributed by atoms with van der Waals surface area (Å²) in [7, 11) is 0. The van der Waals surface area contributed by atoms with Crippen molar-refractivity contribution in [2.24, 2.45) is 16.6 Å². The fourth-order valence-electron chi connectivity index (χ4n) is 4.74. The molecule has 0 radical (unpaired) electrons. The van der Waals surface area contributed by atoms with Crippen molar-refractivity contribution in [3.05, 3.63) is 71.5 Å². The van der Waals surface area contributed by atoms with Gasteiger partial charge in [0, 0.05) is 18.9 Å². The van der Waals surface area contributed by atoms with Gasteiger partial charge in [0.25, 0.3) is 0 Å². The molecule has 1 saturated heterocycles. The Balaban J connectivity index is 1.40. The number of aliphatic hydroxyl groups is 1. The molecule has 2 fully saturated rings. The van der Waals surface area contributed by atoms with Gasteiger partial charge in [-0.25, -0.2) is 14.2 Å². The van der Waals surface area contributed by atoms with Crippen molar-refractivity contribution < 1.29 is 19.0 Å². The number of guanidine groups is 1. The van der Waals surface area contributed by atoms with E-state index in [0.717, 1.165) is 31.2 Å². The van der Waals surface area contributed by atoms with Gasteiger partial charge in [0.05, 0.1) is 13.1 Å². The normalized spacial score (nSPS) is 21.5. The predicted octanol–water partition coefficient (Wildman–Crippen LogP) is 3.34. The number of likely N-dealkylation sites (tertiary alicyclic amines) is 1. The molecule has 4 rings (SSSR count). The molecule has 1 aliphatic heterocycles. The van der Waals surface area contributed by atoms with Crippen LogP contribution in [-0.2, 0) is 21.7 Å². The van der Waals surface area contributed by atoms with E-state index in [2.05, 4.69) is 4.99 Å². The summed E-state index contributed by atoms with van der Waals surface area (Å²) in [5.74, 6) is -0.704. The fourth-order valence-corrected chi connectivity index (χ4v) is 4.74. The molecule has 0 spiro atoms. The summed E-state index contributed by atoms with van der Waals surface area (Å²) in [6, 6.07) is 15.4. The number of hydrogen-bond donors (Lipinski definition) is 2. The number of benzene rings is 2. The average Bonchev–Trinajstić information content (AvgIpc) is 3.50. The molecule has 2 atom stereocenters. The van der Waals surface area contributed by atoms with Crippen LogP contribution in [0, 0.1) is 11.7 Å². The van der Waals surface area contributed by atoms with Crippen LogP contribution < -0.4 is 5.73 Å². The summed E-state index contributed by atoms with van der Waals surface area (Å²) < 4.78 is 19.1. The Morgan fingerprint density at radius 3 is 2.62 bits per heavy atom. The number of halogens is 1. The quantitative estimate of drug-likeness (QED) is 0.410. The van der Waals surface area contributed by atoms with E-state index in [1.54, 1.807) is 24.3 Å². The van der Waals surface area contributed by atoms with Crippen LogP contribution in [0.2, 0.25) is 0 Å². The topological polar surface area (TPSA) is 88.1 Å². The molecule has 7 heteroatoms. The van der Waals surface area contributed by atoms with E-state index in [-0.39, 0.29) is 24.4 Å². The van der Waals surface area contributed by atoms with Crippen molar-refractivity contribution in [3.8, 4) is 0 Å². The third-order valence-corrected chi connectivity index (χ3v) is 6.53. The van der Waals surface area contributed by atoms with Crippen LogP contribution >= 0.6 is 0 Å². The number of nitrogens with zero attached hydrogens (tertiary/aromatic N) is 2. The Hall–Kier alpha value is -2.93. The summed E-state index contributed by atoms with van der Waals surface area (Å²) in [5, 5.41) is 11.6. The maximum atomic E-state index is 13.3. The van der Waals surface area contributed by atoms with Crippen LogP contribution in [0.25, 0.3) is 0 Å². The lowest BCUT2D eigenvalue weighted by molar-refractivity contribution is -0.178. The predicted molar refractivity (Wildman–Crippen MR) is 120 cm³/mol. The minimum absolute atomic E-state index is 0.146. The van der Waals surface area contributed by atoms with Gasteiger partial charge in [0.2, 0.25) is 0 Å². The van der Waals surface area contributed by atoms with Gasteiger partial charge in [0.15, 0.2) is 11.6 Å². The summed E-state index contributed by atoms with van der Waals surface area (Å²) in [5.41, 5.74) is 5.81. The minimum Gasteiger partial charge on any atom is -0.458 e. The van der Waals surface area contributed by atoms with Gasteiger partial charge in [-0.2, -0.15) is 0 Å². The van der Waals surface area contributed by atoms with Gasteiger partial charge in [-0.05, 0) is 36.1 Å². The number of esters is 1. The van der Waals surface area contributed by atoms with Crippen molar-refractivity contribution in [1.82, 2.24) is 4.90 Å². The second-order valence-electron chi connectivity index (χ2n) is 8.68. The minimum atomic E-state index is -1.64. The second kappa shape index (κ2) is 9.69. The Kier molecular flexibility index (Phi) is 6.74. The van der Waals surface area contributed by atoms with E-state index in [1.807, 2.05) is 23.1 Å². The highest BCUT2D eigenvalue weighted by atomic mass is 19.1. The molecule has 6 nitrogen and oxygen atoms in total. The van der Waals surface area contributed by atoms with E-state index >= 15 is 0 Å². The molecule has 1 saturated carbocycles. The molecule has 170 valence electrons. The lowest BCUT2D eigenvalue weighted by Gasteiger charge is -2.33. The molecular weight excluding hydrogens is 409 g/mol. The van der Waals surface area contributed by atoms with Crippen molar-refractivity contribution >= 4 is 11.9 Å². The fraction of sp³-hybridized carbons (Fsp3) is 0.440. The van der Waals surface area contributed by atoms with Crippen LogP contribution in [0.1, 0.15) is 43.2 Å². The molecule has 2 aromatic carbocycles. The molecule has 2 aliphatic rings. The van der Waals surface area contributed by atoms with Crippen LogP contribution in [-0.4, -0.2) is 41.1 Å². The Labute approximate surface area is 187 Å². The number of carbonyl (C=O) groups is 1. The van der Waals surface area contributed by atoms with Crippen LogP contribution in [0.4, 0.5) is 4.39 Å². The van der Waals surface area contributed by atoms with Crippen LogP contribution in [0.5, 0.6) is 0 Å². The lowest BCUT2D eigenvalue weighted by atomic mass is 9.80. The van der Waals surface area contributed by atoms with Gasteiger partial charge in [0.1, 0.15) is 11.9 Å². The molecule has 1 heterocycles. The zero-order valence-electron chi connectivity index (χ0n) is 18.1. The number of rotatable bonds is 6. The van der Waals surface area contributed by atoms with E-state index in [4.69, 9.17) is 10.5 Å². The molecular formula is C25H30FN3O3. The summed E-state index contributed by atoms with van der Waals surface area (Å²) >= 11 is 0. The zero-order valence-corrected chi connectivity index (χ0v) is 18.1. The Morgan fingerprint density at radius 2 is 1.91 bits per heavy atom. The first kappa shape index (κ1) is 22.3. The number of nitrogens with two attached hydrogens (primary N) is 1. The first-order chi connectivity index (χ1) is 15.5. The molecule has 1 aliphatic carbocycles. The van der Waals surface area contributed by atoms with Gasteiger partial charge in [-0.1, -0.05) is 55.3 Å². The number of ether oxygens (including phenoxy) is 1. The SMILES string of the molecule is NC(=NCc1cccc(F)c1)N1CCC(OC(=O)C(O)(c2ccccc2)C2CCCC2)C1. The summed E-state index contributed by atoms with van der Waals surface area (Å²) in [4.78, 5) is 19.4. The molecule has 3 N–H and O–H groups in total. The second-order valence-corrected chi connectivity index (χ2v) is 8.68. The smallest absolute Gasteiger partial charge is 0.343 e. The monoisotopic (exact) mass is 439 g/mol. The van der Waals surface area contributed by atoms with Gasteiger partial charge in [-0.3, -0.25) is 0 Å². The van der Waals surface area contributed by atoms with Gasteiger partial charge >= 0.3 is 5.97 Å². The molecule has 2 unspecified atom stereocenters. The van der Waals surface area contributed by atoms with E-state index in [1.165, 1.54) is 12.1 Å². The van der Waals surface area contributed by atoms with Crippen molar-refractivity contribution in [3.63, 3.8) is 0 Å². The number of carbonyl (C=O) groups excluding carboxylic acids is 1. The Bertz CT molecular complexity index is 962. The van der Waals surface area contributed by atoms with E-state index < -0.39 is 11.6 Å². The molecule has 0 amide bonds. The zero-order chi connectivity index (χ0) is 22.6. The van der Waals surface area contributed by atoms with Crippen molar-refractivity contribution in [2.75, 3.05) is 13.1 Å². The maximum absolute atomic E-state index is 13.3. The van der Waals surface area contributed by atoms with E-state index in [9.17, 15) is 14.3 Å². The highest BCUT2D eigenvalue weighted by molar-refractivity contribution is 5.82. The van der Waals surface area contributed by atoms with Gasteiger partial charge < -0.3 is 20.5 Å². The first-order valence-corrected chi connectivity index (χ1v) is 11.2. The summed E-state index contributed by atoms with van der Waals surface area (Å²) in [6.45, 7) is 1.30. The summed E-state index contributed by atoms with van der Waals surface area (Å²) in [6.07, 6.45) is 3.85. The van der Waals surface area contributed by atoms with Crippen molar-refractivity contribution in [1.29, 1.82) is 0 Å². The molecule has 2 aromatic rings. The van der Waals surface area contributed by atoms with Crippen LogP contribution in [0.15, 0.2) is 59.6 Å². The first-order valence-electron chi connectivity index (χ1n) is 11.2. The third kappa shape index (κ3) is 4.78. The van der Waals surface area contributed by atoms with E-state index in [0.29, 0.717) is 31.0 Å². The molecule has 32 heavy (non-hydrogen) atoms.